The lowest BCUT2D eigenvalue weighted by Gasteiger charge is -2.39. The molecule has 5 atom stereocenters. The van der Waals surface area contributed by atoms with E-state index in [0.717, 1.165) is 4.90 Å². The highest BCUT2D eigenvalue weighted by Crippen LogP contribution is 2.24. The number of benzene rings is 2. The van der Waals surface area contributed by atoms with E-state index in [-0.39, 0.29) is 6.61 Å². The van der Waals surface area contributed by atoms with Crippen molar-refractivity contribution < 1.29 is 39.4 Å². The van der Waals surface area contributed by atoms with Gasteiger partial charge in [0.15, 0.2) is 0 Å². The first-order valence-electron chi connectivity index (χ1n) is 9.74. The van der Waals surface area contributed by atoms with E-state index in [1.807, 2.05) is 0 Å². The summed E-state index contributed by atoms with van der Waals surface area (Å²) < 4.78 is 16.0. The number of ether oxygens (including phenoxy) is 3. The van der Waals surface area contributed by atoms with E-state index >= 15 is 0 Å². The van der Waals surface area contributed by atoms with Gasteiger partial charge in [-0.2, -0.15) is 0 Å². The molecule has 0 radical (unpaired) electrons. The Morgan fingerprint density at radius 3 is 2.25 bits per heavy atom. The molecule has 1 heterocycles. The van der Waals surface area contributed by atoms with Gasteiger partial charge < -0.3 is 40.4 Å². The Hall–Kier alpha value is -2.38. The summed E-state index contributed by atoms with van der Waals surface area (Å²) in [4.78, 5) is 12.6. The Balaban J connectivity index is 0.00000176. The first-order chi connectivity index (χ1) is 15.4. The third-order valence-electron chi connectivity index (χ3n) is 4.51. The number of rotatable bonds is 6. The average molecular weight is 469 g/mol. The van der Waals surface area contributed by atoms with E-state index in [1.165, 1.54) is 7.05 Å². The monoisotopic (exact) mass is 468 g/mol. The fourth-order valence-electron chi connectivity index (χ4n) is 2.81. The van der Waals surface area contributed by atoms with Crippen molar-refractivity contribution in [2.75, 3.05) is 19.0 Å². The smallest absolute Gasteiger partial charge is 0.411 e. The standard InChI is InChI=1S/C20H23NO8S.CH5N/c22-9-15-16(23)17(24)18(25)19(29-15)28-13-5-1-11(2-6-13)10-27-20(26)21-12-3-7-14(30)8-4-12;1-2/h1-8,15-19,22-25,30H,9-10H2,(H,21,26);2H2,1H3/t15?,16-,17?,18-,19+;/m0./s1. The van der Waals surface area contributed by atoms with Crippen molar-refractivity contribution in [2.45, 2.75) is 42.2 Å². The molecule has 176 valence electrons. The molecule has 10 nitrogen and oxygen atoms in total. The minimum atomic E-state index is -1.52. The van der Waals surface area contributed by atoms with Gasteiger partial charge in [-0.25, -0.2) is 4.79 Å². The number of anilines is 1. The van der Waals surface area contributed by atoms with Crippen LogP contribution in [0.25, 0.3) is 0 Å². The van der Waals surface area contributed by atoms with Crippen LogP contribution in [0.5, 0.6) is 5.75 Å². The molecule has 0 bridgehead atoms. The lowest BCUT2D eigenvalue weighted by molar-refractivity contribution is -0.277. The molecule has 1 amide bonds. The summed E-state index contributed by atoms with van der Waals surface area (Å²) in [6, 6.07) is 13.3. The fourth-order valence-corrected chi connectivity index (χ4v) is 2.96. The Morgan fingerprint density at radius 1 is 1.03 bits per heavy atom. The van der Waals surface area contributed by atoms with Crippen LogP contribution < -0.4 is 15.8 Å². The van der Waals surface area contributed by atoms with E-state index in [4.69, 9.17) is 14.2 Å². The third kappa shape index (κ3) is 7.07. The summed E-state index contributed by atoms with van der Waals surface area (Å²) in [6.45, 7) is -0.515. The van der Waals surface area contributed by atoms with Crippen molar-refractivity contribution in [1.29, 1.82) is 0 Å². The van der Waals surface area contributed by atoms with E-state index in [1.54, 1.807) is 48.5 Å². The topological polar surface area (TPSA) is 164 Å². The molecule has 2 aromatic carbocycles. The van der Waals surface area contributed by atoms with Gasteiger partial charge in [0.05, 0.1) is 6.61 Å². The van der Waals surface area contributed by atoms with E-state index < -0.39 is 43.4 Å². The summed E-state index contributed by atoms with van der Waals surface area (Å²) in [5.74, 6) is 0.319. The molecule has 0 aliphatic carbocycles. The second-order valence-corrected chi connectivity index (χ2v) is 7.22. The van der Waals surface area contributed by atoms with Crippen LogP contribution in [0.3, 0.4) is 0 Å². The zero-order valence-electron chi connectivity index (χ0n) is 17.4. The Bertz CT molecular complexity index is 835. The summed E-state index contributed by atoms with van der Waals surface area (Å²) in [5.41, 5.74) is 5.78. The maximum atomic E-state index is 11.9. The number of carbonyl (C=O) groups is 1. The molecule has 0 spiro atoms. The first-order valence-corrected chi connectivity index (χ1v) is 10.2. The largest absolute Gasteiger partial charge is 0.462 e. The van der Waals surface area contributed by atoms with Crippen LogP contribution >= 0.6 is 12.6 Å². The first kappa shape index (κ1) is 25.9. The summed E-state index contributed by atoms with van der Waals surface area (Å²) in [6.07, 6.45) is -7.39. The molecule has 0 saturated carbocycles. The van der Waals surface area contributed by atoms with Crippen LogP contribution in [-0.2, 0) is 16.1 Å². The number of hydrogen-bond donors (Lipinski definition) is 7. The molecule has 1 aliphatic rings. The van der Waals surface area contributed by atoms with Gasteiger partial charge in [-0.3, -0.25) is 5.32 Å². The van der Waals surface area contributed by atoms with Crippen molar-refractivity contribution in [3.05, 3.63) is 54.1 Å². The molecule has 32 heavy (non-hydrogen) atoms. The number of nitrogens with two attached hydrogens (primary N) is 1. The lowest BCUT2D eigenvalue weighted by atomic mass is 9.99. The number of aliphatic hydroxyl groups is 4. The van der Waals surface area contributed by atoms with Gasteiger partial charge in [-0.05, 0) is 49.0 Å². The van der Waals surface area contributed by atoms with Gasteiger partial charge in [-0.15, -0.1) is 12.6 Å². The van der Waals surface area contributed by atoms with Crippen molar-refractivity contribution in [1.82, 2.24) is 0 Å². The van der Waals surface area contributed by atoms with E-state index in [9.17, 15) is 25.2 Å². The zero-order chi connectivity index (χ0) is 23.7. The van der Waals surface area contributed by atoms with Gasteiger partial charge in [0, 0.05) is 10.6 Å². The highest BCUT2D eigenvalue weighted by Gasteiger charge is 2.44. The van der Waals surface area contributed by atoms with Gasteiger partial charge in [0.1, 0.15) is 36.8 Å². The SMILES string of the molecule is CN.O=C(Nc1ccc(S)cc1)OCc1ccc(O[C@@H]2OC(CO)[C@H](O)C(O)[C@@H]2O)cc1. The van der Waals surface area contributed by atoms with E-state index in [2.05, 4.69) is 23.7 Å². The predicted octanol–water partition coefficient (Wildman–Crippen LogP) is 0.478. The number of hydrogen-bond acceptors (Lipinski definition) is 10. The van der Waals surface area contributed by atoms with Crippen molar-refractivity contribution >= 4 is 24.4 Å². The van der Waals surface area contributed by atoms with Crippen LogP contribution in [-0.4, -0.2) is 70.9 Å². The van der Waals surface area contributed by atoms with Crippen LogP contribution in [0.15, 0.2) is 53.4 Å². The molecule has 1 saturated heterocycles. The Kier molecular flexibility index (Phi) is 10.2. The van der Waals surface area contributed by atoms with Crippen molar-refractivity contribution in [3.8, 4) is 5.75 Å². The zero-order valence-corrected chi connectivity index (χ0v) is 18.3. The van der Waals surface area contributed by atoms with Crippen LogP contribution in [0, 0.1) is 0 Å². The predicted molar refractivity (Wildman–Crippen MR) is 118 cm³/mol. The highest BCUT2D eigenvalue weighted by atomic mass is 32.1. The quantitative estimate of drug-likeness (QED) is 0.299. The molecule has 3 rings (SSSR count). The van der Waals surface area contributed by atoms with Crippen LogP contribution in [0.2, 0.25) is 0 Å². The second-order valence-electron chi connectivity index (χ2n) is 6.71. The molecule has 1 fully saturated rings. The van der Waals surface area contributed by atoms with Crippen molar-refractivity contribution in [2.24, 2.45) is 5.73 Å². The molecular formula is C21H28N2O8S. The molecule has 2 aromatic rings. The van der Waals surface area contributed by atoms with Gasteiger partial charge in [0.2, 0.25) is 6.29 Å². The Labute approximate surface area is 190 Å². The lowest BCUT2D eigenvalue weighted by Crippen LogP contribution is -2.60. The van der Waals surface area contributed by atoms with Crippen LogP contribution in [0.1, 0.15) is 5.56 Å². The van der Waals surface area contributed by atoms with E-state index in [0.29, 0.717) is 17.0 Å². The molecule has 7 N–H and O–H groups in total. The summed E-state index contributed by atoms with van der Waals surface area (Å²) in [5, 5.41) is 41.4. The third-order valence-corrected chi connectivity index (χ3v) is 4.81. The number of carbonyl (C=O) groups excluding carboxylic acids is 1. The maximum absolute atomic E-state index is 11.9. The highest BCUT2D eigenvalue weighted by molar-refractivity contribution is 7.80. The minimum Gasteiger partial charge on any atom is -0.462 e. The molecule has 0 aromatic heterocycles. The maximum Gasteiger partial charge on any atom is 0.411 e. The number of amides is 1. The normalized spacial score (nSPS) is 24.7. The molecule has 1 aliphatic heterocycles. The van der Waals surface area contributed by atoms with Crippen LogP contribution in [0.4, 0.5) is 10.5 Å². The van der Waals surface area contributed by atoms with Gasteiger partial charge in [0.25, 0.3) is 0 Å². The summed E-state index contributed by atoms with van der Waals surface area (Å²) >= 11 is 4.17. The van der Waals surface area contributed by atoms with Gasteiger partial charge >= 0.3 is 6.09 Å². The summed E-state index contributed by atoms with van der Waals surface area (Å²) in [7, 11) is 1.50. The van der Waals surface area contributed by atoms with Crippen molar-refractivity contribution in [3.63, 3.8) is 0 Å². The molecule has 11 heteroatoms. The number of thiol groups is 1. The molecular weight excluding hydrogens is 440 g/mol. The Morgan fingerprint density at radius 2 is 1.66 bits per heavy atom. The minimum absolute atomic E-state index is 0.0246. The second kappa shape index (κ2) is 12.6. The number of nitrogens with one attached hydrogen (secondary N) is 1. The average Bonchev–Trinajstić information content (AvgIpc) is 2.81. The fraction of sp³-hybridized carbons (Fsp3) is 0.381. The molecule has 2 unspecified atom stereocenters. The van der Waals surface area contributed by atoms with Gasteiger partial charge in [-0.1, -0.05) is 12.1 Å². The number of aliphatic hydroxyl groups excluding tert-OH is 4.